The minimum atomic E-state index is -3.83. The number of hydrogen-bond acceptors (Lipinski definition) is 5. The molecule has 0 radical (unpaired) electrons. The number of carbonyl (C=O) groups excluding carboxylic acids is 1. The Hall–Kier alpha value is -2.85. The zero-order valence-electron chi connectivity index (χ0n) is 14.4. The second-order valence-electron chi connectivity index (χ2n) is 6.19. The number of rotatable bonds is 4. The van der Waals surface area contributed by atoms with Gasteiger partial charge in [-0.15, -0.1) is 0 Å². The van der Waals surface area contributed by atoms with Crippen LogP contribution in [0, 0.1) is 11.3 Å². The van der Waals surface area contributed by atoms with Gasteiger partial charge in [0, 0.05) is 6.04 Å². The molecule has 3 rings (SSSR count). The normalized spacial score (nSPS) is 17.3. The quantitative estimate of drug-likeness (QED) is 0.772. The highest BCUT2D eigenvalue weighted by molar-refractivity contribution is 7.92. The number of sulfonamides is 1. The van der Waals surface area contributed by atoms with Crippen molar-refractivity contribution >= 4 is 21.7 Å². The Bertz CT molecular complexity index is 995. The number of anilines is 1. The van der Waals surface area contributed by atoms with E-state index in [4.69, 9.17) is 10.00 Å². The molecule has 0 saturated carbocycles. The molecule has 6 nitrogen and oxygen atoms in total. The Morgan fingerprint density at radius 1 is 1.27 bits per heavy atom. The van der Waals surface area contributed by atoms with Crippen LogP contribution in [0.4, 0.5) is 5.69 Å². The zero-order chi connectivity index (χ0) is 18.9. The monoisotopic (exact) mass is 370 g/mol. The topological polar surface area (TPSA) is 87.5 Å². The van der Waals surface area contributed by atoms with E-state index >= 15 is 0 Å². The van der Waals surface area contributed by atoms with E-state index in [1.54, 1.807) is 18.2 Å². The molecule has 1 heterocycles. The fourth-order valence-electron chi connectivity index (χ4n) is 3.06. The minimum absolute atomic E-state index is 0.0140. The van der Waals surface area contributed by atoms with E-state index in [1.165, 1.54) is 35.5 Å². The zero-order valence-corrected chi connectivity index (χ0v) is 15.2. The fraction of sp³-hybridized carbons (Fsp3) is 0.263. The smallest absolute Gasteiger partial charge is 0.339 e. The number of fused-ring (bicyclic) bond motifs is 1. The van der Waals surface area contributed by atoms with E-state index in [0.29, 0.717) is 12.1 Å². The van der Waals surface area contributed by atoms with E-state index in [0.717, 1.165) is 5.56 Å². The maximum atomic E-state index is 13.2. The molecular formula is C19H18N2O4S. The van der Waals surface area contributed by atoms with Crippen LogP contribution in [0.15, 0.2) is 53.4 Å². The van der Waals surface area contributed by atoms with Crippen LogP contribution in [0.25, 0.3) is 0 Å². The van der Waals surface area contributed by atoms with Gasteiger partial charge >= 0.3 is 5.97 Å². The Morgan fingerprint density at radius 2 is 2.00 bits per heavy atom. The van der Waals surface area contributed by atoms with Crippen LogP contribution in [-0.2, 0) is 21.2 Å². The molecular weight excluding hydrogens is 352 g/mol. The summed E-state index contributed by atoms with van der Waals surface area (Å²) < 4.78 is 32.7. The molecule has 0 aliphatic carbocycles. The number of nitriles is 1. The van der Waals surface area contributed by atoms with Crippen molar-refractivity contribution in [3.8, 4) is 6.07 Å². The van der Waals surface area contributed by atoms with Gasteiger partial charge in [0.1, 0.15) is 6.07 Å². The predicted molar refractivity (Wildman–Crippen MR) is 96.2 cm³/mol. The third-order valence-electron chi connectivity index (χ3n) is 4.24. The molecule has 2 atom stereocenters. The Morgan fingerprint density at radius 3 is 2.73 bits per heavy atom. The van der Waals surface area contributed by atoms with Crippen molar-refractivity contribution in [3.63, 3.8) is 0 Å². The molecule has 0 aromatic heterocycles. The van der Waals surface area contributed by atoms with E-state index in [1.807, 2.05) is 19.1 Å². The molecule has 0 amide bonds. The lowest BCUT2D eigenvalue weighted by molar-refractivity contribution is 0.0435. The van der Waals surface area contributed by atoms with Crippen LogP contribution in [-0.4, -0.2) is 26.5 Å². The molecule has 26 heavy (non-hydrogen) atoms. The molecule has 0 fully saturated rings. The van der Waals surface area contributed by atoms with Crippen molar-refractivity contribution in [3.05, 3.63) is 59.7 Å². The Labute approximate surface area is 152 Å². The highest BCUT2D eigenvalue weighted by Gasteiger charge is 2.36. The molecule has 0 spiro atoms. The van der Waals surface area contributed by atoms with Gasteiger partial charge < -0.3 is 4.74 Å². The molecule has 0 saturated heterocycles. The van der Waals surface area contributed by atoms with Crippen molar-refractivity contribution in [2.75, 3.05) is 4.31 Å². The molecule has 0 N–H and O–H groups in total. The molecule has 0 unspecified atom stereocenters. The maximum Gasteiger partial charge on any atom is 0.339 e. The summed E-state index contributed by atoms with van der Waals surface area (Å²) in [4.78, 5) is 12.1. The van der Waals surface area contributed by atoms with Crippen molar-refractivity contribution < 1.29 is 17.9 Å². The summed E-state index contributed by atoms with van der Waals surface area (Å²) in [6.07, 6.45) is -0.273. The number of benzene rings is 2. The van der Waals surface area contributed by atoms with Gasteiger partial charge in [0.05, 0.1) is 16.1 Å². The second kappa shape index (κ2) is 6.81. The SMILES string of the molecule is C[C@H](C#N)OC(=O)c1cccc(S(=O)(=O)N2c3ccccc3C[C@@H]2C)c1. The summed E-state index contributed by atoms with van der Waals surface area (Å²) >= 11 is 0. The molecule has 1 aliphatic rings. The van der Waals surface area contributed by atoms with Crippen molar-refractivity contribution in [2.45, 2.75) is 37.3 Å². The van der Waals surface area contributed by atoms with Gasteiger partial charge in [-0.25, -0.2) is 13.2 Å². The van der Waals surface area contributed by atoms with Crippen LogP contribution in [0.2, 0.25) is 0 Å². The van der Waals surface area contributed by atoms with Gasteiger partial charge in [-0.2, -0.15) is 5.26 Å². The molecule has 2 aromatic rings. The van der Waals surface area contributed by atoms with Gasteiger partial charge in [0.25, 0.3) is 10.0 Å². The standard InChI is InChI=1S/C19H18N2O4S/c1-13-10-15-6-3-4-9-18(15)21(13)26(23,24)17-8-5-7-16(11-17)19(22)25-14(2)12-20/h3-9,11,13-14H,10H2,1-2H3/t13-,14+/m0/s1. The third kappa shape index (κ3) is 3.16. The van der Waals surface area contributed by atoms with Crippen LogP contribution < -0.4 is 4.31 Å². The molecule has 1 aliphatic heterocycles. The highest BCUT2D eigenvalue weighted by atomic mass is 32.2. The van der Waals surface area contributed by atoms with E-state index < -0.39 is 22.1 Å². The summed E-state index contributed by atoms with van der Waals surface area (Å²) in [5.41, 5.74) is 1.72. The van der Waals surface area contributed by atoms with Crippen LogP contribution in [0.3, 0.4) is 0 Å². The van der Waals surface area contributed by atoms with Crippen molar-refractivity contribution in [1.29, 1.82) is 5.26 Å². The largest absolute Gasteiger partial charge is 0.444 e. The lowest BCUT2D eigenvalue weighted by Crippen LogP contribution is -2.35. The van der Waals surface area contributed by atoms with Crippen LogP contribution in [0.5, 0.6) is 0 Å². The van der Waals surface area contributed by atoms with Gasteiger partial charge in [-0.3, -0.25) is 4.31 Å². The van der Waals surface area contributed by atoms with Crippen LogP contribution >= 0.6 is 0 Å². The lowest BCUT2D eigenvalue weighted by atomic mass is 10.1. The summed E-state index contributed by atoms with van der Waals surface area (Å²) in [6.45, 7) is 3.30. The average molecular weight is 370 g/mol. The Kier molecular flexibility index (Phi) is 4.70. The average Bonchev–Trinajstić information content (AvgIpc) is 2.98. The summed E-state index contributed by atoms with van der Waals surface area (Å²) in [7, 11) is -3.83. The third-order valence-corrected chi connectivity index (χ3v) is 6.16. The van der Waals surface area contributed by atoms with Gasteiger partial charge in [-0.05, 0) is 50.1 Å². The van der Waals surface area contributed by atoms with E-state index in [-0.39, 0.29) is 16.5 Å². The fourth-order valence-corrected chi connectivity index (χ4v) is 4.79. The van der Waals surface area contributed by atoms with E-state index in [9.17, 15) is 13.2 Å². The van der Waals surface area contributed by atoms with Crippen molar-refractivity contribution in [1.82, 2.24) is 0 Å². The predicted octanol–water partition coefficient (Wildman–Crippen LogP) is 2.90. The van der Waals surface area contributed by atoms with Gasteiger partial charge in [0.15, 0.2) is 6.10 Å². The number of esters is 1. The first-order chi connectivity index (χ1) is 12.3. The number of carbonyl (C=O) groups is 1. The molecule has 2 aromatic carbocycles. The Balaban J connectivity index is 1.98. The molecule has 7 heteroatoms. The summed E-state index contributed by atoms with van der Waals surface area (Å²) in [5.74, 6) is -0.731. The second-order valence-corrected chi connectivity index (χ2v) is 8.00. The number of hydrogen-bond donors (Lipinski definition) is 0. The lowest BCUT2D eigenvalue weighted by Gasteiger charge is -2.24. The van der Waals surface area contributed by atoms with Gasteiger partial charge in [0.2, 0.25) is 0 Å². The van der Waals surface area contributed by atoms with Gasteiger partial charge in [-0.1, -0.05) is 24.3 Å². The maximum absolute atomic E-state index is 13.2. The number of ether oxygens (including phenoxy) is 1. The summed E-state index contributed by atoms with van der Waals surface area (Å²) in [5, 5.41) is 8.75. The number of nitrogens with zero attached hydrogens (tertiary/aromatic N) is 2. The van der Waals surface area contributed by atoms with Crippen LogP contribution in [0.1, 0.15) is 29.8 Å². The van der Waals surface area contributed by atoms with Crippen molar-refractivity contribution in [2.24, 2.45) is 0 Å². The van der Waals surface area contributed by atoms with E-state index in [2.05, 4.69) is 0 Å². The first kappa shape index (κ1) is 18.0. The molecule has 0 bridgehead atoms. The summed E-state index contributed by atoms with van der Waals surface area (Å²) in [6, 6.07) is 14.7. The first-order valence-electron chi connectivity index (χ1n) is 8.17. The first-order valence-corrected chi connectivity index (χ1v) is 9.61. The molecule has 134 valence electrons. The minimum Gasteiger partial charge on any atom is -0.444 e. The highest BCUT2D eigenvalue weighted by Crippen LogP contribution is 2.36. The number of para-hydroxylation sites is 1.